The van der Waals surface area contributed by atoms with E-state index in [-0.39, 0.29) is 17.8 Å². The minimum atomic E-state index is -0.524. The van der Waals surface area contributed by atoms with Crippen LogP contribution in [0.25, 0.3) is 5.57 Å². The second-order valence-electron chi connectivity index (χ2n) is 6.93. The van der Waals surface area contributed by atoms with Gasteiger partial charge in [-0.1, -0.05) is 24.3 Å². The van der Waals surface area contributed by atoms with Crippen molar-refractivity contribution in [2.75, 3.05) is 12.4 Å². The summed E-state index contributed by atoms with van der Waals surface area (Å²) in [5.41, 5.74) is 1.83. The summed E-state index contributed by atoms with van der Waals surface area (Å²) >= 11 is 0. The number of nitrogens with zero attached hydrogens (tertiary/aromatic N) is 1. The molecule has 1 heterocycles. The SMILES string of the molecule is COc1ccc(NC2=C(c3ccc(F)cc3)C(=O)N(Cc3ccc(F)cc3)C2=O)cc1. The van der Waals surface area contributed by atoms with E-state index in [0.717, 1.165) is 4.90 Å². The lowest BCUT2D eigenvalue weighted by atomic mass is 10.0. The smallest absolute Gasteiger partial charge is 0.278 e. The van der Waals surface area contributed by atoms with Crippen molar-refractivity contribution in [2.24, 2.45) is 0 Å². The van der Waals surface area contributed by atoms with Gasteiger partial charge < -0.3 is 10.1 Å². The summed E-state index contributed by atoms with van der Waals surface area (Å²) in [5, 5.41) is 3.02. The van der Waals surface area contributed by atoms with E-state index in [1.807, 2.05) is 0 Å². The number of amides is 2. The van der Waals surface area contributed by atoms with Crippen LogP contribution in [0.1, 0.15) is 11.1 Å². The van der Waals surface area contributed by atoms with E-state index in [1.54, 1.807) is 31.4 Å². The highest BCUT2D eigenvalue weighted by atomic mass is 19.1. The van der Waals surface area contributed by atoms with Crippen molar-refractivity contribution in [3.63, 3.8) is 0 Å². The molecule has 3 aromatic carbocycles. The number of hydrogen-bond acceptors (Lipinski definition) is 4. The third-order valence-electron chi connectivity index (χ3n) is 4.91. The Bertz CT molecular complexity index is 1150. The molecule has 0 spiro atoms. The summed E-state index contributed by atoms with van der Waals surface area (Å²) in [4.78, 5) is 27.5. The Balaban J connectivity index is 1.71. The average molecular weight is 420 g/mol. The fraction of sp³-hybridized carbons (Fsp3) is 0.0833. The van der Waals surface area contributed by atoms with Crippen LogP contribution in [0.2, 0.25) is 0 Å². The molecule has 0 saturated heterocycles. The molecule has 0 saturated carbocycles. The molecular formula is C24H18F2N2O3. The van der Waals surface area contributed by atoms with Gasteiger partial charge in [0, 0.05) is 5.69 Å². The summed E-state index contributed by atoms with van der Waals surface area (Å²) in [5.74, 6) is -1.25. The van der Waals surface area contributed by atoms with E-state index >= 15 is 0 Å². The lowest BCUT2D eigenvalue weighted by Gasteiger charge is -2.15. The molecule has 1 aliphatic heterocycles. The molecule has 0 radical (unpaired) electrons. The Morgan fingerprint density at radius 1 is 0.806 bits per heavy atom. The number of benzene rings is 3. The van der Waals surface area contributed by atoms with Gasteiger partial charge in [-0.15, -0.1) is 0 Å². The number of carbonyl (C=O) groups is 2. The number of methoxy groups -OCH3 is 1. The summed E-state index contributed by atoms with van der Waals surface area (Å²) in [6.07, 6.45) is 0. The lowest BCUT2D eigenvalue weighted by molar-refractivity contribution is -0.137. The summed E-state index contributed by atoms with van der Waals surface area (Å²) in [6.45, 7) is -0.0174. The molecule has 5 nitrogen and oxygen atoms in total. The first kappa shape index (κ1) is 20.3. The standard InChI is InChI=1S/C24H18F2N2O3/c1-31-20-12-10-19(11-13-20)27-22-21(16-4-8-18(26)9-5-16)23(29)28(24(22)30)14-15-2-6-17(25)7-3-15/h2-13,27H,14H2,1H3. The van der Waals surface area contributed by atoms with E-state index in [2.05, 4.69) is 5.32 Å². The molecule has 7 heteroatoms. The van der Waals surface area contributed by atoms with Gasteiger partial charge in [-0.3, -0.25) is 14.5 Å². The summed E-state index contributed by atoms with van der Waals surface area (Å²) < 4.78 is 31.8. The Morgan fingerprint density at radius 2 is 1.39 bits per heavy atom. The van der Waals surface area contributed by atoms with Crippen LogP contribution in [-0.4, -0.2) is 23.8 Å². The molecule has 4 rings (SSSR count). The van der Waals surface area contributed by atoms with Crippen LogP contribution in [0, 0.1) is 11.6 Å². The van der Waals surface area contributed by atoms with Gasteiger partial charge in [0.2, 0.25) is 0 Å². The molecule has 3 aromatic rings. The van der Waals surface area contributed by atoms with Crippen LogP contribution in [0.3, 0.4) is 0 Å². The Kier molecular flexibility index (Phi) is 5.49. The summed E-state index contributed by atoms with van der Waals surface area (Å²) in [6, 6.07) is 17.8. The molecule has 0 aromatic heterocycles. The van der Waals surface area contributed by atoms with E-state index in [1.165, 1.54) is 48.5 Å². The minimum absolute atomic E-state index is 0.0174. The predicted octanol–water partition coefficient (Wildman–Crippen LogP) is 4.37. The Labute approximate surface area is 177 Å². The maximum atomic E-state index is 13.4. The molecule has 0 bridgehead atoms. The van der Waals surface area contributed by atoms with Crippen molar-refractivity contribution >= 4 is 23.1 Å². The van der Waals surface area contributed by atoms with Crippen molar-refractivity contribution in [1.82, 2.24) is 4.90 Å². The van der Waals surface area contributed by atoms with Gasteiger partial charge in [0.15, 0.2) is 0 Å². The zero-order chi connectivity index (χ0) is 22.0. The third kappa shape index (κ3) is 4.16. The van der Waals surface area contributed by atoms with Crippen LogP contribution in [0.4, 0.5) is 14.5 Å². The van der Waals surface area contributed by atoms with Crippen LogP contribution >= 0.6 is 0 Å². The van der Waals surface area contributed by atoms with Crippen molar-refractivity contribution in [3.05, 3.63) is 101 Å². The van der Waals surface area contributed by atoms with Crippen molar-refractivity contribution in [2.45, 2.75) is 6.54 Å². The van der Waals surface area contributed by atoms with Gasteiger partial charge in [0.1, 0.15) is 23.1 Å². The largest absolute Gasteiger partial charge is 0.497 e. The normalized spacial score (nSPS) is 13.7. The van der Waals surface area contributed by atoms with E-state index in [4.69, 9.17) is 4.74 Å². The molecule has 1 aliphatic rings. The average Bonchev–Trinajstić information content (AvgIpc) is 3.00. The summed E-state index contributed by atoms with van der Waals surface area (Å²) in [7, 11) is 1.55. The first-order chi connectivity index (χ1) is 15.0. The Morgan fingerprint density at radius 3 is 1.97 bits per heavy atom. The lowest BCUT2D eigenvalue weighted by Crippen LogP contribution is -2.32. The first-order valence-electron chi connectivity index (χ1n) is 9.48. The fourth-order valence-corrected chi connectivity index (χ4v) is 3.31. The molecule has 0 atom stereocenters. The van der Waals surface area contributed by atoms with E-state index in [0.29, 0.717) is 22.6 Å². The molecule has 2 amide bonds. The van der Waals surface area contributed by atoms with Crippen LogP contribution in [-0.2, 0) is 16.1 Å². The van der Waals surface area contributed by atoms with Gasteiger partial charge in [-0.05, 0) is 59.7 Å². The zero-order valence-corrected chi connectivity index (χ0v) is 16.6. The van der Waals surface area contributed by atoms with Crippen LogP contribution in [0.5, 0.6) is 5.75 Å². The molecule has 0 unspecified atom stereocenters. The molecule has 1 N–H and O–H groups in total. The second kappa shape index (κ2) is 8.39. The number of nitrogens with one attached hydrogen (secondary N) is 1. The molecular weight excluding hydrogens is 402 g/mol. The molecule has 31 heavy (non-hydrogen) atoms. The van der Waals surface area contributed by atoms with Crippen LogP contribution < -0.4 is 10.1 Å². The van der Waals surface area contributed by atoms with Crippen molar-refractivity contribution < 1.29 is 23.1 Å². The van der Waals surface area contributed by atoms with Gasteiger partial charge in [0.05, 0.1) is 19.2 Å². The second-order valence-corrected chi connectivity index (χ2v) is 6.93. The van der Waals surface area contributed by atoms with Gasteiger partial charge in [0.25, 0.3) is 11.8 Å². The number of ether oxygens (including phenoxy) is 1. The van der Waals surface area contributed by atoms with E-state index < -0.39 is 23.4 Å². The van der Waals surface area contributed by atoms with Gasteiger partial charge in [-0.25, -0.2) is 8.78 Å². The van der Waals surface area contributed by atoms with E-state index in [9.17, 15) is 18.4 Å². The number of carbonyl (C=O) groups excluding carboxylic acids is 2. The van der Waals surface area contributed by atoms with Crippen molar-refractivity contribution in [3.8, 4) is 5.75 Å². The zero-order valence-electron chi connectivity index (χ0n) is 16.6. The Hall–Kier alpha value is -4.00. The molecule has 0 aliphatic carbocycles. The minimum Gasteiger partial charge on any atom is -0.497 e. The highest BCUT2D eigenvalue weighted by Crippen LogP contribution is 2.32. The monoisotopic (exact) mass is 420 g/mol. The number of imide groups is 1. The fourth-order valence-electron chi connectivity index (χ4n) is 3.31. The predicted molar refractivity (Wildman–Crippen MR) is 112 cm³/mol. The third-order valence-corrected chi connectivity index (χ3v) is 4.91. The molecule has 0 fully saturated rings. The first-order valence-corrected chi connectivity index (χ1v) is 9.48. The van der Waals surface area contributed by atoms with Gasteiger partial charge in [-0.2, -0.15) is 0 Å². The van der Waals surface area contributed by atoms with Crippen LogP contribution in [0.15, 0.2) is 78.5 Å². The van der Waals surface area contributed by atoms with Gasteiger partial charge >= 0.3 is 0 Å². The highest BCUT2D eigenvalue weighted by Gasteiger charge is 2.39. The molecule has 156 valence electrons. The number of rotatable bonds is 6. The maximum absolute atomic E-state index is 13.4. The highest BCUT2D eigenvalue weighted by molar-refractivity contribution is 6.36. The number of halogens is 2. The number of anilines is 1. The maximum Gasteiger partial charge on any atom is 0.278 e. The quantitative estimate of drug-likeness (QED) is 0.602. The number of hydrogen-bond donors (Lipinski definition) is 1. The van der Waals surface area contributed by atoms with Crippen molar-refractivity contribution in [1.29, 1.82) is 0 Å². The topological polar surface area (TPSA) is 58.6 Å².